The van der Waals surface area contributed by atoms with Gasteiger partial charge in [-0.05, 0) is 30.5 Å². The average Bonchev–Trinajstić information content (AvgIpc) is 3.27. The number of hydrogen-bond donors (Lipinski definition) is 1. The fourth-order valence-electron chi connectivity index (χ4n) is 2.89. The van der Waals surface area contributed by atoms with Gasteiger partial charge >= 0.3 is 0 Å². The van der Waals surface area contributed by atoms with Crippen LogP contribution in [0.2, 0.25) is 0 Å². The SMILES string of the molecule is CCCN(CC1CCCO1)C(=O)c1ccccc1-c1nn[nH]n1. The number of tetrazole rings is 1. The van der Waals surface area contributed by atoms with Crippen molar-refractivity contribution in [2.45, 2.75) is 32.3 Å². The molecule has 7 heteroatoms. The number of hydrogen-bond acceptors (Lipinski definition) is 5. The molecule has 1 aliphatic heterocycles. The highest BCUT2D eigenvalue weighted by Gasteiger charge is 2.25. The van der Waals surface area contributed by atoms with Gasteiger partial charge in [-0.2, -0.15) is 5.21 Å². The third-order valence-electron chi connectivity index (χ3n) is 3.97. The molecular weight excluding hydrogens is 294 g/mol. The summed E-state index contributed by atoms with van der Waals surface area (Å²) in [6.07, 6.45) is 3.13. The van der Waals surface area contributed by atoms with Gasteiger partial charge in [-0.15, -0.1) is 10.2 Å². The van der Waals surface area contributed by atoms with Crippen LogP contribution < -0.4 is 0 Å². The summed E-state index contributed by atoms with van der Waals surface area (Å²) in [5.41, 5.74) is 1.29. The Morgan fingerprint density at radius 1 is 1.43 bits per heavy atom. The molecule has 23 heavy (non-hydrogen) atoms. The van der Waals surface area contributed by atoms with Crippen LogP contribution in [-0.2, 0) is 4.74 Å². The lowest BCUT2D eigenvalue weighted by atomic mass is 10.1. The molecule has 1 amide bonds. The zero-order valence-corrected chi connectivity index (χ0v) is 13.2. The highest BCUT2D eigenvalue weighted by Crippen LogP contribution is 2.22. The van der Waals surface area contributed by atoms with Gasteiger partial charge in [-0.3, -0.25) is 4.79 Å². The van der Waals surface area contributed by atoms with Crippen molar-refractivity contribution in [3.63, 3.8) is 0 Å². The maximum Gasteiger partial charge on any atom is 0.254 e. The van der Waals surface area contributed by atoms with Crippen LogP contribution in [-0.4, -0.2) is 57.2 Å². The number of aromatic nitrogens is 4. The molecule has 2 aromatic rings. The lowest BCUT2D eigenvalue weighted by molar-refractivity contribution is 0.0527. The van der Waals surface area contributed by atoms with E-state index in [4.69, 9.17) is 4.74 Å². The second-order valence-corrected chi connectivity index (χ2v) is 5.67. The fraction of sp³-hybridized carbons (Fsp3) is 0.500. The van der Waals surface area contributed by atoms with Gasteiger partial charge in [0.25, 0.3) is 5.91 Å². The van der Waals surface area contributed by atoms with Crippen LogP contribution in [0.5, 0.6) is 0 Å². The van der Waals surface area contributed by atoms with Crippen molar-refractivity contribution in [1.82, 2.24) is 25.5 Å². The standard InChI is InChI=1S/C16H21N5O2/c1-2-9-21(11-12-6-5-10-23-12)16(22)14-8-4-3-7-13(14)15-17-19-20-18-15/h3-4,7-8,12H,2,5-6,9-11H2,1H3,(H,17,18,19,20). The summed E-state index contributed by atoms with van der Waals surface area (Å²) in [5, 5.41) is 14.0. The maximum absolute atomic E-state index is 13.0. The van der Waals surface area contributed by atoms with Crippen LogP contribution >= 0.6 is 0 Å². The summed E-state index contributed by atoms with van der Waals surface area (Å²) in [6.45, 7) is 4.20. The number of carbonyl (C=O) groups excluding carboxylic acids is 1. The Labute approximate surface area is 135 Å². The molecule has 1 N–H and O–H groups in total. The molecule has 1 aliphatic rings. The normalized spacial score (nSPS) is 17.3. The molecule has 3 rings (SSSR count). The van der Waals surface area contributed by atoms with Gasteiger partial charge in [0.1, 0.15) is 0 Å². The lowest BCUT2D eigenvalue weighted by Crippen LogP contribution is -2.38. The van der Waals surface area contributed by atoms with Crippen molar-refractivity contribution >= 4 is 5.91 Å². The first kappa shape index (κ1) is 15.6. The van der Waals surface area contributed by atoms with E-state index >= 15 is 0 Å². The number of rotatable bonds is 6. The number of aromatic amines is 1. The molecule has 0 aliphatic carbocycles. The third-order valence-corrected chi connectivity index (χ3v) is 3.97. The van der Waals surface area contributed by atoms with E-state index in [0.29, 0.717) is 30.0 Å². The summed E-state index contributed by atoms with van der Waals surface area (Å²) in [5.74, 6) is 0.422. The van der Waals surface area contributed by atoms with E-state index in [1.165, 1.54) is 0 Å². The van der Waals surface area contributed by atoms with Crippen LogP contribution in [0.4, 0.5) is 0 Å². The summed E-state index contributed by atoms with van der Waals surface area (Å²) in [7, 11) is 0. The number of nitrogens with zero attached hydrogens (tertiary/aromatic N) is 4. The Kier molecular flexibility index (Phi) is 4.97. The minimum Gasteiger partial charge on any atom is -0.376 e. The van der Waals surface area contributed by atoms with Gasteiger partial charge in [0.05, 0.1) is 11.7 Å². The number of H-pyrrole nitrogens is 1. The third kappa shape index (κ3) is 3.56. The van der Waals surface area contributed by atoms with Crippen molar-refractivity contribution in [3.05, 3.63) is 29.8 Å². The molecule has 7 nitrogen and oxygen atoms in total. The van der Waals surface area contributed by atoms with Gasteiger partial charge in [-0.25, -0.2) is 0 Å². The number of benzene rings is 1. The van der Waals surface area contributed by atoms with Gasteiger partial charge in [0.15, 0.2) is 0 Å². The highest BCUT2D eigenvalue weighted by molar-refractivity contribution is 6.00. The Balaban J connectivity index is 1.85. The maximum atomic E-state index is 13.0. The fourth-order valence-corrected chi connectivity index (χ4v) is 2.89. The van der Waals surface area contributed by atoms with E-state index in [1.807, 2.05) is 29.2 Å². The second-order valence-electron chi connectivity index (χ2n) is 5.67. The summed E-state index contributed by atoms with van der Waals surface area (Å²) < 4.78 is 5.68. The summed E-state index contributed by atoms with van der Waals surface area (Å²) in [4.78, 5) is 14.9. The number of carbonyl (C=O) groups is 1. The second kappa shape index (κ2) is 7.32. The van der Waals surface area contributed by atoms with Gasteiger partial charge in [0.2, 0.25) is 5.82 Å². The van der Waals surface area contributed by atoms with Crippen LogP contribution in [0.3, 0.4) is 0 Å². The molecule has 1 aromatic heterocycles. The first-order valence-corrected chi connectivity index (χ1v) is 8.03. The van der Waals surface area contributed by atoms with E-state index in [1.54, 1.807) is 0 Å². The quantitative estimate of drug-likeness (QED) is 0.880. The Morgan fingerprint density at radius 2 is 2.30 bits per heavy atom. The molecule has 1 fully saturated rings. The van der Waals surface area contributed by atoms with E-state index in [-0.39, 0.29) is 12.0 Å². The molecule has 0 saturated carbocycles. The lowest BCUT2D eigenvalue weighted by Gasteiger charge is -2.25. The molecule has 0 spiro atoms. The monoisotopic (exact) mass is 315 g/mol. The predicted molar refractivity (Wildman–Crippen MR) is 84.8 cm³/mol. The van der Waals surface area contributed by atoms with Crippen molar-refractivity contribution in [1.29, 1.82) is 0 Å². The molecule has 2 heterocycles. The zero-order chi connectivity index (χ0) is 16.1. The molecule has 1 atom stereocenters. The van der Waals surface area contributed by atoms with E-state index < -0.39 is 0 Å². The predicted octanol–water partition coefficient (Wildman–Crippen LogP) is 1.90. The molecule has 1 unspecified atom stereocenters. The first-order chi connectivity index (χ1) is 11.3. The van der Waals surface area contributed by atoms with Crippen molar-refractivity contribution in [3.8, 4) is 11.4 Å². The molecule has 122 valence electrons. The Bertz CT molecular complexity index is 638. The van der Waals surface area contributed by atoms with Crippen molar-refractivity contribution in [2.75, 3.05) is 19.7 Å². The molecule has 0 bridgehead atoms. The van der Waals surface area contributed by atoms with E-state index in [9.17, 15) is 4.79 Å². The van der Waals surface area contributed by atoms with Crippen LogP contribution in [0.1, 0.15) is 36.5 Å². The van der Waals surface area contributed by atoms with Crippen LogP contribution in [0.25, 0.3) is 11.4 Å². The minimum absolute atomic E-state index is 0.0113. The highest BCUT2D eigenvalue weighted by atomic mass is 16.5. The van der Waals surface area contributed by atoms with E-state index in [2.05, 4.69) is 27.5 Å². The topological polar surface area (TPSA) is 84.0 Å². The van der Waals surface area contributed by atoms with Crippen LogP contribution in [0, 0.1) is 0 Å². The van der Waals surface area contributed by atoms with Crippen LogP contribution in [0.15, 0.2) is 24.3 Å². The summed E-state index contributed by atoms with van der Waals surface area (Å²) in [6, 6.07) is 7.38. The number of amides is 1. The smallest absolute Gasteiger partial charge is 0.254 e. The Morgan fingerprint density at radius 3 is 3.00 bits per heavy atom. The zero-order valence-electron chi connectivity index (χ0n) is 13.2. The Hall–Kier alpha value is -2.28. The molecule has 1 saturated heterocycles. The van der Waals surface area contributed by atoms with Crippen molar-refractivity contribution in [2.24, 2.45) is 0 Å². The number of ether oxygens (including phenoxy) is 1. The number of nitrogens with one attached hydrogen (secondary N) is 1. The molecular formula is C16H21N5O2. The van der Waals surface area contributed by atoms with Gasteiger partial charge < -0.3 is 9.64 Å². The average molecular weight is 315 g/mol. The van der Waals surface area contributed by atoms with Crippen molar-refractivity contribution < 1.29 is 9.53 Å². The summed E-state index contributed by atoms with van der Waals surface area (Å²) >= 11 is 0. The molecule has 0 radical (unpaired) electrons. The molecule has 1 aromatic carbocycles. The largest absolute Gasteiger partial charge is 0.376 e. The van der Waals surface area contributed by atoms with Gasteiger partial charge in [-0.1, -0.05) is 25.1 Å². The first-order valence-electron chi connectivity index (χ1n) is 8.03. The minimum atomic E-state index is -0.0113. The van der Waals surface area contributed by atoms with E-state index in [0.717, 1.165) is 25.9 Å². The van der Waals surface area contributed by atoms with Gasteiger partial charge in [0, 0.05) is 25.3 Å².